The van der Waals surface area contributed by atoms with E-state index in [1.807, 2.05) is 0 Å². The molecule has 1 aliphatic heterocycles. The fraction of sp³-hybridized carbons (Fsp3) is 0.500. The molecule has 20 heavy (non-hydrogen) atoms. The number of aliphatic carboxylic acids is 1. The molecule has 1 saturated heterocycles. The van der Waals surface area contributed by atoms with E-state index in [4.69, 9.17) is 0 Å². The van der Waals surface area contributed by atoms with Crippen LogP contribution in [0.2, 0.25) is 0 Å². The Hall–Kier alpha value is -2.38. The number of hydrogen-bond acceptors (Lipinski definition) is 4. The monoisotopic (exact) mass is 281 g/mol. The van der Waals surface area contributed by atoms with Gasteiger partial charge in [0.2, 0.25) is 0 Å². The van der Waals surface area contributed by atoms with Crippen molar-refractivity contribution >= 4 is 17.7 Å². The SMILES string of the molecule is O=C(O)C1CCCCCN1C(=O)c1ccc([N+](=O)[O-])[nH]1. The van der Waals surface area contributed by atoms with Gasteiger partial charge in [0, 0.05) is 12.6 Å². The summed E-state index contributed by atoms with van der Waals surface area (Å²) in [6.07, 6.45) is 2.77. The maximum Gasteiger partial charge on any atom is 0.326 e. The second-order valence-corrected chi connectivity index (χ2v) is 4.72. The summed E-state index contributed by atoms with van der Waals surface area (Å²) in [6, 6.07) is 1.64. The number of carbonyl (C=O) groups excluding carboxylic acids is 1. The number of hydrogen-bond donors (Lipinski definition) is 2. The summed E-state index contributed by atoms with van der Waals surface area (Å²) >= 11 is 0. The molecule has 8 heteroatoms. The van der Waals surface area contributed by atoms with Crippen molar-refractivity contribution in [3.8, 4) is 0 Å². The largest absolute Gasteiger partial charge is 0.480 e. The molecular weight excluding hydrogens is 266 g/mol. The highest BCUT2D eigenvalue weighted by Crippen LogP contribution is 2.20. The van der Waals surface area contributed by atoms with Crippen LogP contribution < -0.4 is 0 Å². The molecule has 0 bridgehead atoms. The molecule has 0 aliphatic carbocycles. The third kappa shape index (κ3) is 2.79. The van der Waals surface area contributed by atoms with Gasteiger partial charge in [-0.3, -0.25) is 4.79 Å². The molecule has 2 N–H and O–H groups in total. The first kappa shape index (κ1) is 14.0. The summed E-state index contributed by atoms with van der Waals surface area (Å²) in [4.78, 5) is 37.2. The second-order valence-electron chi connectivity index (χ2n) is 4.72. The molecule has 1 atom stereocenters. The Morgan fingerprint density at radius 1 is 1.35 bits per heavy atom. The van der Waals surface area contributed by atoms with Crippen LogP contribution in [-0.4, -0.2) is 44.4 Å². The molecule has 0 spiro atoms. The molecule has 0 aromatic carbocycles. The van der Waals surface area contributed by atoms with Gasteiger partial charge in [0.25, 0.3) is 5.91 Å². The predicted octanol–water partition coefficient (Wildman–Crippen LogP) is 1.39. The minimum absolute atomic E-state index is 0.0462. The normalized spacial score (nSPS) is 19.4. The molecule has 8 nitrogen and oxygen atoms in total. The van der Waals surface area contributed by atoms with Gasteiger partial charge < -0.3 is 20.1 Å². The number of carboxylic acids is 1. The topological polar surface area (TPSA) is 117 Å². The lowest BCUT2D eigenvalue weighted by molar-refractivity contribution is -0.389. The zero-order valence-corrected chi connectivity index (χ0v) is 10.7. The zero-order valence-electron chi connectivity index (χ0n) is 10.7. The van der Waals surface area contributed by atoms with Gasteiger partial charge in [-0.25, -0.2) is 9.78 Å². The van der Waals surface area contributed by atoms with Crippen LogP contribution in [0.25, 0.3) is 0 Å². The van der Waals surface area contributed by atoms with Crippen molar-refractivity contribution in [2.24, 2.45) is 0 Å². The molecule has 1 aliphatic rings. The summed E-state index contributed by atoms with van der Waals surface area (Å²) in [5, 5.41) is 19.8. The lowest BCUT2D eigenvalue weighted by Crippen LogP contribution is -2.44. The highest BCUT2D eigenvalue weighted by atomic mass is 16.6. The number of amides is 1. The zero-order chi connectivity index (χ0) is 14.7. The van der Waals surface area contributed by atoms with E-state index in [2.05, 4.69) is 4.98 Å². The summed E-state index contributed by atoms with van der Waals surface area (Å²) in [7, 11) is 0. The quantitative estimate of drug-likeness (QED) is 0.641. The molecule has 2 heterocycles. The van der Waals surface area contributed by atoms with Crippen molar-refractivity contribution in [3.63, 3.8) is 0 Å². The Bertz CT molecular complexity index is 539. The van der Waals surface area contributed by atoms with Crippen LogP contribution in [-0.2, 0) is 4.79 Å². The number of rotatable bonds is 3. The van der Waals surface area contributed by atoms with Gasteiger partial charge in [-0.1, -0.05) is 12.8 Å². The van der Waals surface area contributed by atoms with E-state index in [1.54, 1.807) is 0 Å². The summed E-state index contributed by atoms with van der Waals surface area (Å²) in [5.41, 5.74) is 0.0462. The Morgan fingerprint density at radius 3 is 2.70 bits per heavy atom. The number of nitro groups is 1. The average molecular weight is 281 g/mol. The first-order valence-electron chi connectivity index (χ1n) is 6.38. The first-order valence-corrected chi connectivity index (χ1v) is 6.38. The van der Waals surface area contributed by atoms with E-state index in [0.717, 1.165) is 19.3 Å². The third-order valence-electron chi connectivity index (χ3n) is 3.40. The number of aromatic amines is 1. The fourth-order valence-corrected chi connectivity index (χ4v) is 2.38. The maximum absolute atomic E-state index is 12.3. The van der Waals surface area contributed by atoms with Gasteiger partial charge in [-0.2, -0.15) is 0 Å². The minimum atomic E-state index is -1.04. The van der Waals surface area contributed by atoms with Crippen molar-refractivity contribution in [3.05, 3.63) is 27.9 Å². The van der Waals surface area contributed by atoms with E-state index in [1.165, 1.54) is 17.0 Å². The van der Waals surface area contributed by atoms with Crippen LogP contribution >= 0.6 is 0 Å². The van der Waals surface area contributed by atoms with Crippen LogP contribution in [0.4, 0.5) is 5.82 Å². The van der Waals surface area contributed by atoms with Crippen LogP contribution in [0.5, 0.6) is 0 Å². The number of H-pyrrole nitrogens is 1. The van der Waals surface area contributed by atoms with E-state index in [9.17, 15) is 24.8 Å². The second kappa shape index (κ2) is 5.72. The first-order chi connectivity index (χ1) is 9.50. The third-order valence-corrected chi connectivity index (χ3v) is 3.40. The van der Waals surface area contributed by atoms with Crippen LogP contribution in [0.3, 0.4) is 0 Å². The van der Waals surface area contributed by atoms with Gasteiger partial charge in [-0.05, 0) is 23.8 Å². The molecule has 1 aromatic heterocycles. The summed E-state index contributed by atoms with van der Waals surface area (Å²) in [5.74, 6) is -1.83. The maximum atomic E-state index is 12.3. The highest BCUT2D eigenvalue weighted by molar-refractivity contribution is 5.95. The number of likely N-dealkylation sites (tertiary alicyclic amines) is 1. The van der Waals surface area contributed by atoms with Gasteiger partial charge in [0.05, 0.1) is 0 Å². The molecule has 1 fully saturated rings. The van der Waals surface area contributed by atoms with E-state index in [0.29, 0.717) is 13.0 Å². The van der Waals surface area contributed by atoms with E-state index in [-0.39, 0.29) is 11.5 Å². The Balaban J connectivity index is 2.23. The summed E-state index contributed by atoms with van der Waals surface area (Å²) < 4.78 is 0. The van der Waals surface area contributed by atoms with Crippen LogP contribution in [0.15, 0.2) is 12.1 Å². The molecule has 1 amide bonds. The van der Waals surface area contributed by atoms with Crippen molar-refractivity contribution in [1.29, 1.82) is 0 Å². The average Bonchev–Trinajstić information content (AvgIpc) is 2.76. The number of nitrogens with one attached hydrogen (secondary N) is 1. The molecule has 0 radical (unpaired) electrons. The Morgan fingerprint density at radius 2 is 2.10 bits per heavy atom. The van der Waals surface area contributed by atoms with E-state index >= 15 is 0 Å². The number of carboxylic acid groups (broad SMARTS) is 1. The molecule has 2 rings (SSSR count). The minimum Gasteiger partial charge on any atom is -0.480 e. The van der Waals surface area contributed by atoms with Gasteiger partial charge in [0.1, 0.15) is 6.04 Å². The lowest BCUT2D eigenvalue weighted by atomic mass is 10.1. The van der Waals surface area contributed by atoms with Crippen molar-refractivity contribution in [2.75, 3.05) is 6.54 Å². The lowest BCUT2D eigenvalue weighted by Gasteiger charge is -2.25. The molecule has 108 valence electrons. The van der Waals surface area contributed by atoms with Gasteiger partial charge >= 0.3 is 11.8 Å². The molecular formula is C12H15N3O5. The number of carbonyl (C=O) groups is 2. The molecule has 1 aromatic rings. The van der Waals surface area contributed by atoms with Crippen molar-refractivity contribution < 1.29 is 19.6 Å². The standard InChI is InChI=1S/C12H15N3O5/c16-11(8-5-6-10(13-8)15(19)20)14-7-3-1-2-4-9(14)12(17)18/h5-6,9,13H,1-4,7H2,(H,17,18). The van der Waals surface area contributed by atoms with Crippen molar-refractivity contribution in [2.45, 2.75) is 31.7 Å². The molecule has 0 saturated carbocycles. The van der Waals surface area contributed by atoms with Gasteiger partial charge in [0.15, 0.2) is 5.69 Å². The Kier molecular flexibility index (Phi) is 4.02. The smallest absolute Gasteiger partial charge is 0.326 e. The summed E-state index contributed by atoms with van der Waals surface area (Å²) in [6.45, 7) is 0.350. The number of aromatic nitrogens is 1. The fourth-order valence-electron chi connectivity index (χ4n) is 2.38. The van der Waals surface area contributed by atoms with Gasteiger partial charge in [-0.15, -0.1) is 0 Å². The highest BCUT2D eigenvalue weighted by Gasteiger charge is 2.33. The molecule has 1 unspecified atom stereocenters. The van der Waals surface area contributed by atoms with E-state index < -0.39 is 22.8 Å². The van der Waals surface area contributed by atoms with Crippen LogP contribution in [0.1, 0.15) is 36.2 Å². The Labute approximate surface area is 114 Å². The predicted molar refractivity (Wildman–Crippen MR) is 68.4 cm³/mol. The van der Waals surface area contributed by atoms with Crippen LogP contribution in [0, 0.1) is 10.1 Å². The number of nitrogens with zero attached hydrogens (tertiary/aromatic N) is 2. The van der Waals surface area contributed by atoms with Crippen molar-refractivity contribution in [1.82, 2.24) is 9.88 Å².